The van der Waals surface area contributed by atoms with Crippen LogP contribution in [-0.4, -0.2) is 15.6 Å². The number of hydrogen-bond acceptors (Lipinski definition) is 3. The predicted octanol–water partition coefficient (Wildman–Crippen LogP) is 2.61. The van der Waals surface area contributed by atoms with Gasteiger partial charge in [0.15, 0.2) is 5.78 Å². The minimum Gasteiger partial charge on any atom is -0.317 e. The van der Waals surface area contributed by atoms with Crippen molar-refractivity contribution in [2.45, 2.75) is 6.04 Å². The molecule has 0 aliphatic rings. The van der Waals surface area contributed by atoms with Gasteiger partial charge >= 0.3 is 0 Å². The maximum absolute atomic E-state index is 12.2. The van der Waals surface area contributed by atoms with Gasteiger partial charge in [-0.1, -0.05) is 29.3 Å². The summed E-state index contributed by atoms with van der Waals surface area (Å²) in [5, 5.41) is 4.54. The van der Waals surface area contributed by atoms with Crippen LogP contribution < -0.4 is 5.73 Å². The number of hydrogen-bond donors (Lipinski definition) is 1. The van der Waals surface area contributed by atoms with Crippen molar-refractivity contribution in [2.24, 2.45) is 12.8 Å². The SMILES string of the molecule is Cn1cc(C(N)C(=O)c2cccc(Cl)c2Cl)cn1. The Labute approximate surface area is 114 Å². The van der Waals surface area contributed by atoms with Gasteiger partial charge in [-0.3, -0.25) is 9.48 Å². The Morgan fingerprint density at radius 3 is 2.78 bits per heavy atom. The van der Waals surface area contributed by atoms with E-state index in [2.05, 4.69) is 5.10 Å². The fourth-order valence-corrected chi connectivity index (χ4v) is 2.01. The Morgan fingerprint density at radius 1 is 1.44 bits per heavy atom. The van der Waals surface area contributed by atoms with Gasteiger partial charge in [0.1, 0.15) is 0 Å². The number of nitrogens with zero attached hydrogens (tertiary/aromatic N) is 2. The minimum atomic E-state index is -0.797. The average Bonchev–Trinajstić information content (AvgIpc) is 2.77. The minimum absolute atomic E-state index is 0.225. The highest BCUT2D eigenvalue weighted by molar-refractivity contribution is 6.44. The Balaban J connectivity index is 2.34. The Bertz CT molecular complexity index is 595. The first-order valence-corrected chi connectivity index (χ1v) is 5.98. The first-order chi connectivity index (χ1) is 8.50. The van der Waals surface area contributed by atoms with Crippen LogP contribution in [0.1, 0.15) is 22.0 Å². The molecule has 4 nitrogen and oxygen atoms in total. The smallest absolute Gasteiger partial charge is 0.185 e. The van der Waals surface area contributed by atoms with Crippen LogP contribution in [0.15, 0.2) is 30.6 Å². The molecular formula is C12H11Cl2N3O. The van der Waals surface area contributed by atoms with Crippen molar-refractivity contribution in [1.82, 2.24) is 9.78 Å². The van der Waals surface area contributed by atoms with Crippen molar-refractivity contribution in [1.29, 1.82) is 0 Å². The van der Waals surface area contributed by atoms with Gasteiger partial charge in [-0.2, -0.15) is 5.10 Å². The van der Waals surface area contributed by atoms with Crippen LogP contribution in [0.5, 0.6) is 0 Å². The maximum Gasteiger partial charge on any atom is 0.185 e. The molecule has 0 saturated carbocycles. The number of aromatic nitrogens is 2. The number of halogens is 2. The zero-order chi connectivity index (χ0) is 13.3. The van der Waals surface area contributed by atoms with E-state index in [9.17, 15) is 4.79 Å². The van der Waals surface area contributed by atoms with E-state index >= 15 is 0 Å². The van der Waals surface area contributed by atoms with Crippen molar-refractivity contribution in [2.75, 3.05) is 0 Å². The molecule has 6 heteroatoms. The van der Waals surface area contributed by atoms with Crippen molar-refractivity contribution in [3.63, 3.8) is 0 Å². The van der Waals surface area contributed by atoms with Crippen molar-refractivity contribution in [3.8, 4) is 0 Å². The molecule has 1 aromatic heterocycles. The summed E-state index contributed by atoms with van der Waals surface area (Å²) >= 11 is 11.9. The molecule has 0 saturated heterocycles. The van der Waals surface area contributed by atoms with Gasteiger partial charge in [0.2, 0.25) is 0 Å². The fourth-order valence-electron chi connectivity index (χ4n) is 1.61. The third-order valence-electron chi connectivity index (χ3n) is 2.58. The number of carbonyl (C=O) groups is 1. The Hall–Kier alpha value is -1.36. The average molecular weight is 284 g/mol. The van der Waals surface area contributed by atoms with E-state index in [0.717, 1.165) is 0 Å². The lowest BCUT2D eigenvalue weighted by atomic mass is 10.0. The van der Waals surface area contributed by atoms with Crippen LogP contribution in [0.2, 0.25) is 10.0 Å². The van der Waals surface area contributed by atoms with Crippen molar-refractivity contribution >= 4 is 29.0 Å². The summed E-state index contributed by atoms with van der Waals surface area (Å²) in [5.74, 6) is -0.282. The van der Waals surface area contributed by atoms with Gasteiger partial charge in [0.05, 0.1) is 22.3 Å². The molecule has 0 radical (unpaired) electrons. The van der Waals surface area contributed by atoms with Gasteiger partial charge in [-0.05, 0) is 12.1 Å². The molecule has 94 valence electrons. The van der Waals surface area contributed by atoms with Gasteiger partial charge in [0, 0.05) is 24.4 Å². The fraction of sp³-hybridized carbons (Fsp3) is 0.167. The first-order valence-electron chi connectivity index (χ1n) is 5.23. The number of nitrogens with two attached hydrogens (primary N) is 1. The summed E-state index contributed by atoms with van der Waals surface area (Å²) in [4.78, 5) is 12.2. The van der Waals surface area contributed by atoms with Crippen LogP contribution in [0.3, 0.4) is 0 Å². The number of Topliss-reactive ketones (excluding diaryl/α,β-unsaturated/α-hetero) is 1. The highest BCUT2D eigenvalue weighted by Gasteiger charge is 2.22. The quantitative estimate of drug-likeness (QED) is 0.881. The van der Waals surface area contributed by atoms with Crippen molar-refractivity contribution in [3.05, 3.63) is 51.8 Å². The van der Waals surface area contributed by atoms with E-state index in [-0.39, 0.29) is 10.8 Å². The van der Waals surface area contributed by atoms with Crippen LogP contribution in [0.25, 0.3) is 0 Å². The largest absolute Gasteiger partial charge is 0.317 e. The molecule has 0 aliphatic carbocycles. The topological polar surface area (TPSA) is 60.9 Å². The standard InChI is InChI=1S/C12H11Cl2N3O/c1-17-6-7(5-16-17)11(15)12(18)8-3-2-4-9(13)10(8)14/h2-6,11H,15H2,1H3. The number of rotatable bonds is 3. The molecule has 1 aromatic carbocycles. The molecule has 2 rings (SSSR count). The normalized spacial score (nSPS) is 12.4. The molecular weight excluding hydrogens is 273 g/mol. The first kappa shape index (κ1) is 13.1. The number of ketones is 1. The number of carbonyl (C=O) groups excluding carboxylic acids is 1. The van der Waals surface area contributed by atoms with Crippen LogP contribution in [0.4, 0.5) is 0 Å². The lowest BCUT2D eigenvalue weighted by Crippen LogP contribution is -2.21. The van der Waals surface area contributed by atoms with Gasteiger partial charge in [-0.15, -0.1) is 0 Å². The lowest BCUT2D eigenvalue weighted by Gasteiger charge is -2.10. The van der Waals surface area contributed by atoms with Gasteiger partial charge < -0.3 is 5.73 Å². The van der Waals surface area contributed by atoms with E-state index in [1.807, 2.05) is 0 Å². The Morgan fingerprint density at radius 2 is 2.17 bits per heavy atom. The molecule has 2 aromatic rings. The molecule has 1 atom stereocenters. The van der Waals surface area contributed by atoms with Gasteiger partial charge in [-0.25, -0.2) is 0 Å². The van der Waals surface area contributed by atoms with Crippen LogP contribution in [-0.2, 0) is 7.05 Å². The Kier molecular flexibility index (Phi) is 3.71. The molecule has 2 N–H and O–H groups in total. The molecule has 0 spiro atoms. The monoisotopic (exact) mass is 283 g/mol. The third-order valence-corrected chi connectivity index (χ3v) is 3.40. The van der Waals surface area contributed by atoms with Crippen molar-refractivity contribution < 1.29 is 4.79 Å². The summed E-state index contributed by atoms with van der Waals surface area (Å²) in [6, 6.07) is 4.09. The summed E-state index contributed by atoms with van der Waals surface area (Å²) in [6.07, 6.45) is 3.25. The molecule has 0 amide bonds. The molecule has 1 heterocycles. The second-order valence-corrected chi connectivity index (χ2v) is 4.68. The molecule has 0 bridgehead atoms. The maximum atomic E-state index is 12.2. The molecule has 0 aliphatic heterocycles. The van der Waals surface area contributed by atoms with E-state index in [0.29, 0.717) is 16.1 Å². The predicted molar refractivity (Wildman–Crippen MR) is 70.9 cm³/mol. The zero-order valence-corrected chi connectivity index (χ0v) is 11.1. The van der Waals surface area contributed by atoms with Crippen LogP contribution >= 0.6 is 23.2 Å². The van der Waals surface area contributed by atoms with Gasteiger partial charge in [0.25, 0.3) is 0 Å². The van der Waals surface area contributed by atoms with E-state index < -0.39 is 6.04 Å². The molecule has 18 heavy (non-hydrogen) atoms. The van der Waals surface area contributed by atoms with E-state index in [1.165, 1.54) is 0 Å². The summed E-state index contributed by atoms with van der Waals surface area (Å²) < 4.78 is 1.59. The highest BCUT2D eigenvalue weighted by Crippen LogP contribution is 2.28. The zero-order valence-electron chi connectivity index (χ0n) is 9.60. The van der Waals surface area contributed by atoms with E-state index in [4.69, 9.17) is 28.9 Å². The second kappa shape index (κ2) is 5.10. The molecule has 1 unspecified atom stereocenters. The number of aryl methyl sites for hydroxylation is 1. The molecule has 0 fully saturated rings. The van der Waals surface area contributed by atoms with Crippen LogP contribution in [0, 0.1) is 0 Å². The van der Waals surface area contributed by atoms with E-state index in [1.54, 1.807) is 42.3 Å². The second-order valence-electron chi connectivity index (χ2n) is 3.89. The lowest BCUT2D eigenvalue weighted by molar-refractivity contribution is 0.0961. The summed E-state index contributed by atoms with van der Waals surface area (Å²) in [5.41, 5.74) is 6.86. The highest BCUT2D eigenvalue weighted by atomic mass is 35.5. The number of benzene rings is 1. The third kappa shape index (κ3) is 2.41. The summed E-state index contributed by atoms with van der Waals surface area (Å²) in [7, 11) is 1.76. The summed E-state index contributed by atoms with van der Waals surface area (Å²) in [6.45, 7) is 0.